The van der Waals surface area contributed by atoms with E-state index in [1.807, 2.05) is 6.92 Å². The number of aryl methyl sites for hydroxylation is 1. The molecule has 0 spiro atoms. The number of hydrogen-bond donors (Lipinski definition) is 2. The summed E-state index contributed by atoms with van der Waals surface area (Å²) in [5.74, 6) is -0.754. The molecule has 0 aromatic heterocycles. The van der Waals surface area contributed by atoms with Crippen LogP contribution in [0.4, 0.5) is 4.39 Å². The Hall–Kier alpha value is -2.69. The van der Waals surface area contributed by atoms with E-state index in [4.69, 9.17) is 0 Å². The molecule has 4 nitrogen and oxygen atoms in total. The Morgan fingerprint density at radius 2 is 1.86 bits per heavy atom. The van der Waals surface area contributed by atoms with Crippen molar-refractivity contribution in [1.29, 1.82) is 0 Å². The summed E-state index contributed by atoms with van der Waals surface area (Å²) < 4.78 is 12.8. The molecule has 0 aliphatic heterocycles. The van der Waals surface area contributed by atoms with Gasteiger partial charge in [-0.2, -0.15) is 5.10 Å². The number of carbonyl (C=O) groups is 1. The molecule has 2 rings (SSSR count). The SMILES string of the molecule is C/C(=N\NC(=O)c1ccc(F)cc1)c1cc(C)ccc1O. The van der Waals surface area contributed by atoms with Gasteiger partial charge in [-0.15, -0.1) is 0 Å². The van der Waals surface area contributed by atoms with E-state index in [0.29, 0.717) is 16.8 Å². The number of halogens is 1. The molecule has 0 atom stereocenters. The third-order valence-corrected chi connectivity index (χ3v) is 2.97. The fourth-order valence-electron chi connectivity index (χ4n) is 1.80. The summed E-state index contributed by atoms with van der Waals surface area (Å²) in [5, 5.41) is 13.7. The predicted molar refractivity (Wildman–Crippen MR) is 78.9 cm³/mol. The number of hydrazone groups is 1. The molecular weight excluding hydrogens is 271 g/mol. The first-order valence-corrected chi connectivity index (χ1v) is 6.37. The van der Waals surface area contributed by atoms with Crippen molar-refractivity contribution in [3.63, 3.8) is 0 Å². The number of nitrogens with zero attached hydrogens (tertiary/aromatic N) is 1. The van der Waals surface area contributed by atoms with E-state index < -0.39 is 11.7 Å². The summed E-state index contributed by atoms with van der Waals surface area (Å²) in [6.45, 7) is 3.58. The number of nitrogens with one attached hydrogen (secondary N) is 1. The van der Waals surface area contributed by atoms with Crippen LogP contribution in [0.3, 0.4) is 0 Å². The Morgan fingerprint density at radius 3 is 2.52 bits per heavy atom. The van der Waals surface area contributed by atoms with Crippen molar-refractivity contribution in [2.45, 2.75) is 13.8 Å². The zero-order valence-corrected chi connectivity index (χ0v) is 11.7. The molecule has 0 saturated heterocycles. The number of phenols is 1. The minimum Gasteiger partial charge on any atom is -0.507 e. The summed E-state index contributed by atoms with van der Waals surface area (Å²) in [5.41, 5.74) is 4.69. The van der Waals surface area contributed by atoms with Gasteiger partial charge in [0.15, 0.2) is 0 Å². The standard InChI is InChI=1S/C16H15FN2O2/c1-10-3-8-15(20)14(9-10)11(2)18-19-16(21)12-4-6-13(17)7-5-12/h3-9,20H,1-2H3,(H,19,21)/b18-11+. The highest BCUT2D eigenvalue weighted by atomic mass is 19.1. The minimum absolute atomic E-state index is 0.0953. The molecule has 0 aliphatic carbocycles. The van der Waals surface area contributed by atoms with Crippen molar-refractivity contribution in [2.75, 3.05) is 0 Å². The molecule has 0 unspecified atom stereocenters. The molecule has 5 heteroatoms. The quantitative estimate of drug-likeness (QED) is 0.673. The molecule has 0 aliphatic rings. The number of benzene rings is 2. The highest BCUT2D eigenvalue weighted by Gasteiger charge is 2.07. The van der Waals surface area contributed by atoms with Gasteiger partial charge < -0.3 is 5.11 Å². The minimum atomic E-state index is -0.443. The molecule has 2 N–H and O–H groups in total. The lowest BCUT2D eigenvalue weighted by atomic mass is 10.1. The highest BCUT2D eigenvalue weighted by Crippen LogP contribution is 2.18. The average molecular weight is 286 g/mol. The summed E-state index contributed by atoms with van der Waals surface area (Å²) in [7, 11) is 0. The van der Waals surface area contributed by atoms with Crippen LogP contribution in [-0.4, -0.2) is 16.7 Å². The van der Waals surface area contributed by atoms with Crippen LogP contribution in [0.25, 0.3) is 0 Å². The van der Waals surface area contributed by atoms with Crippen LogP contribution in [0.2, 0.25) is 0 Å². The molecule has 0 radical (unpaired) electrons. The van der Waals surface area contributed by atoms with Crippen LogP contribution in [-0.2, 0) is 0 Å². The third kappa shape index (κ3) is 3.66. The zero-order valence-electron chi connectivity index (χ0n) is 11.7. The zero-order chi connectivity index (χ0) is 15.4. The summed E-state index contributed by atoms with van der Waals surface area (Å²) in [6, 6.07) is 10.3. The van der Waals surface area contributed by atoms with Gasteiger partial charge >= 0.3 is 0 Å². The average Bonchev–Trinajstić information content (AvgIpc) is 2.47. The second kappa shape index (κ2) is 6.17. The Morgan fingerprint density at radius 1 is 1.19 bits per heavy atom. The third-order valence-electron chi connectivity index (χ3n) is 2.97. The van der Waals surface area contributed by atoms with Gasteiger partial charge in [0.2, 0.25) is 0 Å². The van der Waals surface area contributed by atoms with E-state index >= 15 is 0 Å². The molecule has 108 valence electrons. The molecule has 2 aromatic carbocycles. The van der Waals surface area contributed by atoms with E-state index in [-0.39, 0.29) is 5.75 Å². The second-order valence-electron chi connectivity index (χ2n) is 4.67. The molecule has 2 aromatic rings. The maximum absolute atomic E-state index is 12.8. The second-order valence-corrected chi connectivity index (χ2v) is 4.67. The van der Waals surface area contributed by atoms with Crippen LogP contribution in [0.15, 0.2) is 47.6 Å². The monoisotopic (exact) mass is 286 g/mol. The van der Waals surface area contributed by atoms with Crippen molar-refractivity contribution >= 4 is 11.6 Å². The highest BCUT2D eigenvalue weighted by molar-refractivity contribution is 6.02. The molecule has 0 fully saturated rings. The lowest BCUT2D eigenvalue weighted by Crippen LogP contribution is -2.19. The fraction of sp³-hybridized carbons (Fsp3) is 0.125. The Balaban J connectivity index is 2.14. The van der Waals surface area contributed by atoms with Gasteiger partial charge in [-0.3, -0.25) is 4.79 Å². The molecule has 0 heterocycles. The lowest BCUT2D eigenvalue weighted by Gasteiger charge is -2.06. The van der Waals surface area contributed by atoms with Crippen LogP contribution < -0.4 is 5.43 Å². The van der Waals surface area contributed by atoms with Crippen LogP contribution in [0, 0.1) is 12.7 Å². The molecule has 0 saturated carbocycles. The van der Waals surface area contributed by atoms with Gasteiger partial charge in [-0.05, 0) is 50.2 Å². The van der Waals surface area contributed by atoms with Crippen molar-refractivity contribution in [3.05, 3.63) is 65.0 Å². The Kier molecular flexibility index (Phi) is 4.33. The van der Waals surface area contributed by atoms with Crippen LogP contribution in [0.1, 0.15) is 28.4 Å². The first-order valence-electron chi connectivity index (χ1n) is 6.37. The maximum Gasteiger partial charge on any atom is 0.271 e. The number of phenolic OH excluding ortho intramolecular Hbond substituents is 1. The number of aromatic hydroxyl groups is 1. The summed E-state index contributed by atoms with van der Waals surface area (Å²) >= 11 is 0. The van der Waals surface area contributed by atoms with Crippen LogP contribution >= 0.6 is 0 Å². The number of amides is 1. The fourth-order valence-corrected chi connectivity index (χ4v) is 1.80. The van der Waals surface area contributed by atoms with Crippen LogP contribution in [0.5, 0.6) is 5.75 Å². The Labute approximate surface area is 121 Å². The molecule has 1 amide bonds. The predicted octanol–water partition coefficient (Wildman–Crippen LogP) is 2.99. The lowest BCUT2D eigenvalue weighted by molar-refractivity contribution is 0.0955. The van der Waals surface area contributed by atoms with E-state index in [1.54, 1.807) is 25.1 Å². The summed E-state index contributed by atoms with van der Waals surface area (Å²) in [4.78, 5) is 11.8. The number of hydrogen-bond acceptors (Lipinski definition) is 3. The molecule has 21 heavy (non-hydrogen) atoms. The molecule has 0 bridgehead atoms. The van der Waals surface area contributed by atoms with Gasteiger partial charge in [0, 0.05) is 11.1 Å². The van der Waals surface area contributed by atoms with Crippen molar-refractivity contribution in [1.82, 2.24) is 5.43 Å². The van der Waals surface area contributed by atoms with E-state index in [9.17, 15) is 14.3 Å². The van der Waals surface area contributed by atoms with E-state index in [0.717, 1.165) is 5.56 Å². The molecular formula is C16H15FN2O2. The first-order chi connectivity index (χ1) is 9.97. The van der Waals surface area contributed by atoms with E-state index in [2.05, 4.69) is 10.5 Å². The van der Waals surface area contributed by atoms with Gasteiger partial charge in [-0.25, -0.2) is 9.82 Å². The van der Waals surface area contributed by atoms with Gasteiger partial charge in [0.25, 0.3) is 5.91 Å². The smallest absolute Gasteiger partial charge is 0.271 e. The van der Waals surface area contributed by atoms with Crippen molar-refractivity contribution in [2.24, 2.45) is 5.10 Å². The maximum atomic E-state index is 12.8. The summed E-state index contributed by atoms with van der Waals surface area (Å²) in [6.07, 6.45) is 0. The van der Waals surface area contributed by atoms with Gasteiger partial charge in [-0.1, -0.05) is 11.6 Å². The normalized spacial score (nSPS) is 11.3. The van der Waals surface area contributed by atoms with Gasteiger partial charge in [0.1, 0.15) is 11.6 Å². The number of rotatable bonds is 3. The largest absolute Gasteiger partial charge is 0.507 e. The van der Waals surface area contributed by atoms with E-state index in [1.165, 1.54) is 24.3 Å². The van der Waals surface area contributed by atoms with Crippen molar-refractivity contribution in [3.8, 4) is 5.75 Å². The first kappa shape index (κ1) is 14.7. The topological polar surface area (TPSA) is 61.7 Å². The number of carbonyl (C=O) groups excluding carboxylic acids is 1. The van der Waals surface area contributed by atoms with Gasteiger partial charge in [0.05, 0.1) is 5.71 Å². The van der Waals surface area contributed by atoms with Crippen molar-refractivity contribution < 1.29 is 14.3 Å². The Bertz CT molecular complexity index is 694.